The molecule has 1 amide bonds. The molecule has 0 fully saturated rings. The Morgan fingerprint density at radius 3 is 2.60 bits per heavy atom. The SMILES string of the molecule is O=C(O)C(Cc1ccccc1)OC(=O)N1CC=CCC1. The van der Waals surface area contributed by atoms with Crippen LogP contribution in [0, 0.1) is 0 Å². The van der Waals surface area contributed by atoms with Crippen LogP contribution in [-0.4, -0.2) is 41.3 Å². The second kappa shape index (κ2) is 6.75. The average Bonchev–Trinajstić information content (AvgIpc) is 2.48. The summed E-state index contributed by atoms with van der Waals surface area (Å²) in [6, 6.07) is 9.13. The van der Waals surface area contributed by atoms with Crippen molar-refractivity contribution in [2.75, 3.05) is 13.1 Å². The van der Waals surface area contributed by atoms with Crippen LogP contribution >= 0.6 is 0 Å². The molecule has 0 spiro atoms. The second-order valence-corrected chi connectivity index (χ2v) is 4.61. The van der Waals surface area contributed by atoms with Crippen molar-refractivity contribution in [2.24, 2.45) is 0 Å². The number of amides is 1. The molecule has 0 aromatic heterocycles. The first-order valence-electron chi connectivity index (χ1n) is 6.54. The minimum absolute atomic E-state index is 0.172. The van der Waals surface area contributed by atoms with Crippen LogP contribution < -0.4 is 0 Å². The molecular weight excluding hydrogens is 258 g/mol. The minimum Gasteiger partial charge on any atom is -0.478 e. The van der Waals surface area contributed by atoms with Gasteiger partial charge in [0.05, 0.1) is 0 Å². The number of nitrogens with zero attached hydrogens (tertiary/aromatic N) is 1. The van der Waals surface area contributed by atoms with E-state index in [9.17, 15) is 14.7 Å². The third-order valence-electron chi connectivity index (χ3n) is 3.10. The molecule has 0 saturated carbocycles. The van der Waals surface area contributed by atoms with Crippen molar-refractivity contribution in [3.05, 3.63) is 48.0 Å². The molecule has 20 heavy (non-hydrogen) atoms. The van der Waals surface area contributed by atoms with Gasteiger partial charge in [-0.3, -0.25) is 0 Å². The first-order valence-corrected chi connectivity index (χ1v) is 6.54. The maximum Gasteiger partial charge on any atom is 0.410 e. The molecule has 5 heteroatoms. The van der Waals surface area contributed by atoms with Gasteiger partial charge in [0.1, 0.15) is 0 Å². The fourth-order valence-electron chi connectivity index (χ4n) is 2.01. The average molecular weight is 275 g/mol. The molecule has 1 N–H and O–H groups in total. The Labute approximate surface area is 117 Å². The number of hydrogen-bond donors (Lipinski definition) is 1. The minimum atomic E-state index is -1.16. The molecule has 0 aliphatic carbocycles. The number of benzene rings is 1. The van der Waals surface area contributed by atoms with E-state index in [1.54, 1.807) is 0 Å². The molecule has 106 valence electrons. The molecule has 1 aliphatic heterocycles. The lowest BCUT2D eigenvalue weighted by atomic mass is 10.1. The van der Waals surface area contributed by atoms with E-state index >= 15 is 0 Å². The summed E-state index contributed by atoms with van der Waals surface area (Å²) >= 11 is 0. The zero-order chi connectivity index (χ0) is 14.4. The van der Waals surface area contributed by atoms with E-state index in [1.165, 1.54) is 4.90 Å². The highest BCUT2D eigenvalue weighted by molar-refractivity contribution is 5.77. The van der Waals surface area contributed by atoms with Crippen molar-refractivity contribution in [3.8, 4) is 0 Å². The summed E-state index contributed by atoms with van der Waals surface area (Å²) in [5.74, 6) is -1.13. The van der Waals surface area contributed by atoms with Crippen LogP contribution in [0.2, 0.25) is 0 Å². The maximum atomic E-state index is 11.9. The van der Waals surface area contributed by atoms with Gasteiger partial charge in [-0.1, -0.05) is 42.5 Å². The van der Waals surface area contributed by atoms with Crippen molar-refractivity contribution >= 4 is 12.1 Å². The van der Waals surface area contributed by atoms with E-state index in [4.69, 9.17) is 4.74 Å². The van der Waals surface area contributed by atoms with Crippen LogP contribution in [0.1, 0.15) is 12.0 Å². The predicted octanol–water partition coefficient (Wildman–Crippen LogP) is 2.08. The van der Waals surface area contributed by atoms with Crippen molar-refractivity contribution < 1.29 is 19.4 Å². The maximum absolute atomic E-state index is 11.9. The summed E-state index contributed by atoms with van der Waals surface area (Å²) in [5, 5.41) is 9.17. The van der Waals surface area contributed by atoms with Gasteiger partial charge in [0.2, 0.25) is 6.10 Å². The highest BCUT2D eigenvalue weighted by Gasteiger charge is 2.25. The zero-order valence-corrected chi connectivity index (χ0v) is 11.1. The van der Waals surface area contributed by atoms with Gasteiger partial charge in [0.15, 0.2) is 0 Å². The number of rotatable bonds is 4. The molecule has 1 heterocycles. The first kappa shape index (κ1) is 14.1. The van der Waals surface area contributed by atoms with Gasteiger partial charge in [-0.15, -0.1) is 0 Å². The highest BCUT2D eigenvalue weighted by Crippen LogP contribution is 2.10. The summed E-state index contributed by atoms with van der Waals surface area (Å²) in [6.07, 6.45) is 3.07. The van der Waals surface area contributed by atoms with Gasteiger partial charge >= 0.3 is 12.1 Å². The van der Waals surface area contributed by atoms with Gasteiger partial charge < -0.3 is 14.7 Å². The van der Waals surface area contributed by atoms with Crippen LogP contribution in [0.15, 0.2) is 42.5 Å². The van der Waals surface area contributed by atoms with Crippen molar-refractivity contribution in [2.45, 2.75) is 18.9 Å². The Balaban J connectivity index is 1.97. The Morgan fingerprint density at radius 1 is 1.25 bits per heavy atom. The molecule has 1 atom stereocenters. The smallest absolute Gasteiger partial charge is 0.410 e. The van der Waals surface area contributed by atoms with Gasteiger partial charge in [0.25, 0.3) is 0 Å². The van der Waals surface area contributed by atoms with Gasteiger partial charge in [0, 0.05) is 19.5 Å². The molecule has 2 rings (SSSR count). The van der Waals surface area contributed by atoms with E-state index < -0.39 is 18.2 Å². The molecule has 1 aromatic carbocycles. The van der Waals surface area contributed by atoms with Crippen LogP contribution in [0.25, 0.3) is 0 Å². The quantitative estimate of drug-likeness (QED) is 0.854. The molecule has 5 nitrogen and oxygen atoms in total. The highest BCUT2D eigenvalue weighted by atomic mass is 16.6. The van der Waals surface area contributed by atoms with Gasteiger partial charge in [-0.2, -0.15) is 0 Å². The lowest BCUT2D eigenvalue weighted by molar-refractivity contribution is -0.147. The Bertz CT molecular complexity index is 498. The van der Waals surface area contributed by atoms with Gasteiger partial charge in [-0.05, 0) is 12.0 Å². The van der Waals surface area contributed by atoms with Crippen LogP contribution in [0.4, 0.5) is 4.79 Å². The third kappa shape index (κ3) is 3.85. The van der Waals surface area contributed by atoms with Crippen molar-refractivity contribution in [3.63, 3.8) is 0 Å². The standard InChI is InChI=1S/C15H17NO4/c17-14(18)13(11-12-7-3-1-4-8-12)20-15(19)16-9-5-2-6-10-16/h1-5,7-8,13H,6,9-11H2,(H,17,18). The lowest BCUT2D eigenvalue weighted by Crippen LogP contribution is -2.39. The number of ether oxygens (including phenoxy) is 1. The largest absolute Gasteiger partial charge is 0.478 e. The van der Waals surface area contributed by atoms with Crippen LogP contribution in [0.5, 0.6) is 0 Å². The lowest BCUT2D eigenvalue weighted by Gasteiger charge is -2.24. The van der Waals surface area contributed by atoms with Crippen molar-refractivity contribution in [1.29, 1.82) is 0 Å². The second-order valence-electron chi connectivity index (χ2n) is 4.61. The monoisotopic (exact) mass is 275 g/mol. The number of carboxylic acids is 1. The predicted molar refractivity (Wildman–Crippen MR) is 73.4 cm³/mol. The van der Waals surface area contributed by atoms with Crippen molar-refractivity contribution in [1.82, 2.24) is 4.90 Å². The molecular formula is C15H17NO4. The third-order valence-corrected chi connectivity index (χ3v) is 3.10. The van der Waals surface area contributed by atoms with Crippen LogP contribution in [-0.2, 0) is 16.0 Å². The summed E-state index contributed by atoms with van der Waals surface area (Å²) in [5.41, 5.74) is 0.825. The normalized spacial score (nSPS) is 15.7. The van der Waals surface area contributed by atoms with Gasteiger partial charge in [-0.25, -0.2) is 9.59 Å². The molecule has 0 bridgehead atoms. The topological polar surface area (TPSA) is 66.8 Å². The number of aliphatic carboxylic acids is 1. The fourth-order valence-corrected chi connectivity index (χ4v) is 2.01. The number of carbonyl (C=O) groups excluding carboxylic acids is 1. The molecule has 1 unspecified atom stereocenters. The Hall–Kier alpha value is -2.30. The van der Waals surface area contributed by atoms with E-state index in [0.717, 1.165) is 12.0 Å². The first-order chi connectivity index (χ1) is 9.66. The molecule has 0 radical (unpaired) electrons. The fraction of sp³-hybridized carbons (Fsp3) is 0.333. The van der Waals surface area contributed by atoms with E-state index in [0.29, 0.717) is 13.1 Å². The molecule has 1 aliphatic rings. The zero-order valence-electron chi connectivity index (χ0n) is 11.1. The van der Waals surface area contributed by atoms with E-state index in [2.05, 4.69) is 0 Å². The molecule has 0 saturated heterocycles. The summed E-state index contributed by atoms with van der Waals surface area (Å²) < 4.78 is 5.11. The summed E-state index contributed by atoms with van der Waals surface area (Å²) in [4.78, 5) is 24.6. The Morgan fingerprint density at radius 2 is 2.00 bits per heavy atom. The molecule has 1 aromatic rings. The summed E-state index contributed by atoms with van der Waals surface area (Å²) in [7, 11) is 0. The Kier molecular flexibility index (Phi) is 4.76. The number of carbonyl (C=O) groups is 2. The van der Waals surface area contributed by atoms with Crippen LogP contribution in [0.3, 0.4) is 0 Å². The summed E-state index contributed by atoms with van der Waals surface area (Å²) in [6.45, 7) is 1.03. The van der Waals surface area contributed by atoms with E-state index in [-0.39, 0.29) is 6.42 Å². The number of carboxylic acid groups (broad SMARTS) is 1. The van der Waals surface area contributed by atoms with E-state index in [1.807, 2.05) is 42.5 Å². The number of hydrogen-bond acceptors (Lipinski definition) is 3.